The van der Waals surface area contributed by atoms with E-state index in [4.69, 9.17) is 10.7 Å². The van der Waals surface area contributed by atoms with Gasteiger partial charge in [0.15, 0.2) is 5.65 Å². The van der Waals surface area contributed by atoms with Gasteiger partial charge in [0, 0.05) is 24.7 Å². The molecule has 4 nitrogen and oxygen atoms in total. The van der Waals surface area contributed by atoms with Crippen molar-refractivity contribution in [3.63, 3.8) is 0 Å². The van der Waals surface area contributed by atoms with Crippen LogP contribution in [0.15, 0.2) is 18.3 Å². The fourth-order valence-electron chi connectivity index (χ4n) is 3.17. The van der Waals surface area contributed by atoms with Gasteiger partial charge in [-0.3, -0.25) is 0 Å². The molecule has 2 N–H and O–H groups in total. The number of fused-ring (bicyclic) bond motifs is 1. The van der Waals surface area contributed by atoms with Crippen molar-refractivity contribution < 1.29 is 0 Å². The summed E-state index contributed by atoms with van der Waals surface area (Å²) in [7, 11) is 2.07. The first-order chi connectivity index (χ1) is 8.63. The van der Waals surface area contributed by atoms with Crippen molar-refractivity contribution in [2.45, 2.75) is 44.1 Å². The molecule has 2 heterocycles. The lowest BCUT2D eigenvalue weighted by atomic mass is 9.71. The van der Waals surface area contributed by atoms with E-state index in [-0.39, 0.29) is 11.5 Å². The molecule has 0 aromatic carbocycles. The minimum Gasteiger partial charge on any atom is -0.329 e. The standard InChI is InChI=1S/C14H20N4/c1-14(8-4-3-7-11(14)15)13-17-12-10(18(13)2)6-5-9-16-12/h5-6,9,11H,3-4,7-8,15H2,1-2H3. The zero-order valence-corrected chi connectivity index (χ0v) is 11.1. The lowest BCUT2D eigenvalue weighted by Gasteiger charge is -2.38. The van der Waals surface area contributed by atoms with Crippen LogP contribution in [0.25, 0.3) is 11.2 Å². The van der Waals surface area contributed by atoms with Crippen LogP contribution in [0.3, 0.4) is 0 Å². The van der Waals surface area contributed by atoms with E-state index in [1.807, 2.05) is 6.07 Å². The second kappa shape index (κ2) is 4.05. The van der Waals surface area contributed by atoms with Crippen LogP contribution in [-0.2, 0) is 12.5 Å². The average molecular weight is 244 g/mol. The summed E-state index contributed by atoms with van der Waals surface area (Å²) in [5, 5.41) is 0. The minimum atomic E-state index is -0.0201. The molecule has 96 valence electrons. The van der Waals surface area contributed by atoms with Crippen molar-refractivity contribution >= 4 is 11.2 Å². The number of nitrogens with two attached hydrogens (primary N) is 1. The number of nitrogens with zero attached hydrogens (tertiary/aromatic N) is 3. The Morgan fingerprint density at radius 1 is 1.44 bits per heavy atom. The Morgan fingerprint density at radius 2 is 2.28 bits per heavy atom. The van der Waals surface area contributed by atoms with Gasteiger partial charge in [0.25, 0.3) is 0 Å². The Labute approximate surface area is 107 Å². The Kier molecular flexibility index (Phi) is 2.63. The number of aryl methyl sites for hydroxylation is 1. The molecule has 0 spiro atoms. The molecule has 1 saturated carbocycles. The number of imidazole rings is 1. The first kappa shape index (κ1) is 11.7. The van der Waals surface area contributed by atoms with Crippen molar-refractivity contribution in [3.05, 3.63) is 24.2 Å². The van der Waals surface area contributed by atoms with Gasteiger partial charge < -0.3 is 10.3 Å². The van der Waals surface area contributed by atoms with Crippen molar-refractivity contribution in [2.75, 3.05) is 0 Å². The van der Waals surface area contributed by atoms with Gasteiger partial charge in [-0.2, -0.15) is 0 Å². The molecule has 1 aliphatic carbocycles. The fraction of sp³-hybridized carbons (Fsp3) is 0.571. The molecule has 3 rings (SSSR count). The van der Waals surface area contributed by atoms with Gasteiger partial charge in [0.2, 0.25) is 0 Å². The molecule has 0 saturated heterocycles. The van der Waals surface area contributed by atoms with E-state index in [0.29, 0.717) is 0 Å². The Bertz CT molecular complexity index is 574. The van der Waals surface area contributed by atoms with Gasteiger partial charge in [-0.05, 0) is 25.0 Å². The molecule has 1 fully saturated rings. The molecule has 2 aromatic heterocycles. The third-order valence-corrected chi connectivity index (χ3v) is 4.45. The van der Waals surface area contributed by atoms with Gasteiger partial charge in [0.1, 0.15) is 5.82 Å². The third kappa shape index (κ3) is 1.56. The SMILES string of the molecule is Cn1c(C2(C)CCCCC2N)nc2ncccc21. The molecule has 18 heavy (non-hydrogen) atoms. The van der Waals surface area contributed by atoms with Crippen LogP contribution in [0.4, 0.5) is 0 Å². The quantitative estimate of drug-likeness (QED) is 0.836. The second-order valence-corrected chi connectivity index (χ2v) is 5.61. The van der Waals surface area contributed by atoms with Gasteiger partial charge in [0.05, 0.1) is 5.52 Å². The highest BCUT2D eigenvalue weighted by atomic mass is 15.1. The maximum Gasteiger partial charge on any atom is 0.177 e. The van der Waals surface area contributed by atoms with E-state index in [0.717, 1.165) is 29.8 Å². The molecule has 2 atom stereocenters. The Morgan fingerprint density at radius 3 is 3.00 bits per heavy atom. The molecule has 0 amide bonds. The molecule has 4 heteroatoms. The third-order valence-electron chi connectivity index (χ3n) is 4.45. The van der Waals surface area contributed by atoms with Crippen LogP contribution in [0.5, 0.6) is 0 Å². The number of rotatable bonds is 1. The average Bonchev–Trinajstić information content (AvgIpc) is 2.72. The summed E-state index contributed by atoms with van der Waals surface area (Å²) in [5.41, 5.74) is 8.26. The normalized spacial score (nSPS) is 28.7. The highest BCUT2D eigenvalue weighted by molar-refractivity contribution is 5.71. The number of pyridine rings is 1. The monoisotopic (exact) mass is 244 g/mol. The number of hydrogen-bond acceptors (Lipinski definition) is 3. The minimum absolute atomic E-state index is 0.0201. The van der Waals surface area contributed by atoms with Crippen LogP contribution in [0.1, 0.15) is 38.4 Å². The summed E-state index contributed by atoms with van der Waals surface area (Å²) in [6.07, 6.45) is 6.47. The van der Waals surface area contributed by atoms with Gasteiger partial charge in [-0.25, -0.2) is 9.97 Å². The van der Waals surface area contributed by atoms with Gasteiger partial charge >= 0.3 is 0 Å². The summed E-state index contributed by atoms with van der Waals surface area (Å²) >= 11 is 0. The van der Waals surface area contributed by atoms with E-state index in [9.17, 15) is 0 Å². The summed E-state index contributed by atoms with van der Waals surface area (Å²) < 4.78 is 2.16. The number of hydrogen-bond donors (Lipinski definition) is 1. The predicted molar refractivity (Wildman–Crippen MR) is 72.3 cm³/mol. The van der Waals surface area contributed by atoms with Gasteiger partial charge in [-0.1, -0.05) is 19.8 Å². The lowest BCUT2D eigenvalue weighted by molar-refractivity contribution is 0.254. The van der Waals surface area contributed by atoms with Crippen LogP contribution < -0.4 is 5.73 Å². The summed E-state index contributed by atoms with van der Waals surface area (Å²) in [5.74, 6) is 1.09. The maximum atomic E-state index is 6.36. The van der Waals surface area contributed by atoms with E-state index < -0.39 is 0 Å². The molecule has 1 aliphatic rings. The van der Waals surface area contributed by atoms with E-state index in [1.54, 1.807) is 6.20 Å². The van der Waals surface area contributed by atoms with Gasteiger partial charge in [-0.15, -0.1) is 0 Å². The van der Waals surface area contributed by atoms with Crippen LogP contribution in [0.2, 0.25) is 0 Å². The molecule has 2 unspecified atom stereocenters. The van der Waals surface area contributed by atoms with Crippen molar-refractivity contribution in [1.82, 2.24) is 14.5 Å². The molecule has 0 aliphatic heterocycles. The van der Waals surface area contributed by atoms with Crippen LogP contribution in [0, 0.1) is 0 Å². The van der Waals surface area contributed by atoms with Crippen molar-refractivity contribution in [2.24, 2.45) is 12.8 Å². The smallest absolute Gasteiger partial charge is 0.177 e. The molecular formula is C14H20N4. The zero-order valence-electron chi connectivity index (χ0n) is 11.1. The number of aromatic nitrogens is 3. The van der Waals surface area contributed by atoms with E-state index in [1.165, 1.54) is 12.8 Å². The summed E-state index contributed by atoms with van der Waals surface area (Å²) in [6.45, 7) is 2.25. The maximum absolute atomic E-state index is 6.36. The molecule has 0 radical (unpaired) electrons. The fourth-order valence-corrected chi connectivity index (χ4v) is 3.17. The highest BCUT2D eigenvalue weighted by Crippen LogP contribution is 2.38. The first-order valence-electron chi connectivity index (χ1n) is 6.66. The van der Waals surface area contributed by atoms with Crippen LogP contribution >= 0.6 is 0 Å². The largest absolute Gasteiger partial charge is 0.329 e. The van der Waals surface area contributed by atoms with Crippen molar-refractivity contribution in [1.29, 1.82) is 0 Å². The Balaban J connectivity index is 2.16. The highest BCUT2D eigenvalue weighted by Gasteiger charge is 2.39. The Hall–Kier alpha value is -1.42. The van der Waals surface area contributed by atoms with Crippen LogP contribution in [-0.4, -0.2) is 20.6 Å². The summed E-state index contributed by atoms with van der Waals surface area (Å²) in [6, 6.07) is 4.22. The lowest BCUT2D eigenvalue weighted by Crippen LogP contribution is -2.47. The second-order valence-electron chi connectivity index (χ2n) is 5.61. The molecule has 0 bridgehead atoms. The predicted octanol–water partition coefficient (Wildman–Crippen LogP) is 2.13. The van der Waals surface area contributed by atoms with E-state index >= 15 is 0 Å². The molecular weight excluding hydrogens is 224 g/mol. The van der Waals surface area contributed by atoms with Crippen molar-refractivity contribution in [3.8, 4) is 0 Å². The first-order valence-corrected chi connectivity index (χ1v) is 6.66. The zero-order chi connectivity index (χ0) is 12.8. The summed E-state index contributed by atoms with van der Waals surface area (Å²) in [4.78, 5) is 9.07. The van der Waals surface area contributed by atoms with E-state index in [2.05, 4.69) is 29.6 Å². The topological polar surface area (TPSA) is 56.7 Å². The molecule has 2 aromatic rings.